The Morgan fingerprint density at radius 1 is 1.23 bits per heavy atom. The van der Waals surface area contributed by atoms with Gasteiger partial charge < -0.3 is 0 Å². The molecule has 0 amide bonds. The SMILES string of the molecule is O=S(=O)(c1ccc(F)cc1Cl)N1CCC[C@@H]1c1ccncc1. The average molecular weight is 341 g/mol. The van der Waals surface area contributed by atoms with Crippen molar-refractivity contribution in [3.8, 4) is 0 Å². The maximum absolute atomic E-state index is 13.2. The zero-order valence-electron chi connectivity index (χ0n) is 11.6. The van der Waals surface area contributed by atoms with Crippen molar-refractivity contribution in [3.05, 3.63) is 59.1 Å². The van der Waals surface area contributed by atoms with Gasteiger partial charge in [0.15, 0.2) is 0 Å². The molecule has 0 radical (unpaired) electrons. The van der Waals surface area contributed by atoms with Gasteiger partial charge in [-0.1, -0.05) is 11.6 Å². The van der Waals surface area contributed by atoms with E-state index in [1.807, 2.05) is 12.1 Å². The Labute approximate surface area is 133 Å². The zero-order chi connectivity index (χ0) is 15.7. The van der Waals surface area contributed by atoms with Gasteiger partial charge in [0.25, 0.3) is 0 Å². The van der Waals surface area contributed by atoms with Crippen molar-refractivity contribution < 1.29 is 12.8 Å². The number of rotatable bonds is 3. The van der Waals surface area contributed by atoms with E-state index in [0.717, 1.165) is 30.5 Å². The van der Waals surface area contributed by atoms with Crippen LogP contribution in [0.25, 0.3) is 0 Å². The van der Waals surface area contributed by atoms with Crippen LogP contribution in [0.2, 0.25) is 5.02 Å². The van der Waals surface area contributed by atoms with E-state index in [4.69, 9.17) is 11.6 Å². The van der Waals surface area contributed by atoms with Crippen molar-refractivity contribution in [1.82, 2.24) is 9.29 Å². The Morgan fingerprint density at radius 2 is 1.95 bits per heavy atom. The number of nitrogens with zero attached hydrogens (tertiary/aromatic N) is 2. The fourth-order valence-electron chi connectivity index (χ4n) is 2.76. The maximum Gasteiger partial charge on any atom is 0.245 e. The van der Waals surface area contributed by atoms with Crippen molar-refractivity contribution in [3.63, 3.8) is 0 Å². The Kier molecular flexibility index (Phi) is 4.16. The van der Waals surface area contributed by atoms with Gasteiger partial charge >= 0.3 is 0 Å². The van der Waals surface area contributed by atoms with Gasteiger partial charge in [0.2, 0.25) is 10.0 Å². The molecule has 2 heterocycles. The number of halogens is 2. The lowest BCUT2D eigenvalue weighted by atomic mass is 10.1. The summed E-state index contributed by atoms with van der Waals surface area (Å²) in [6.07, 6.45) is 4.79. The summed E-state index contributed by atoms with van der Waals surface area (Å²) < 4.78 is 40.3. The molecule has 116 valence electrons. The second-order valence-corrected chi connectivity index (χ2v) is 7.40. The van der Waals surface area contributed by atoms with Crippen molar-refractivity contribution in [2.45, 2.75) is 23.8 Å². The molecule has 3 rings (SSSR count). The van der Waals surface area contributed by atoms with E-state index in [-0.39, 0.29) is 16.0 Å². The topological polar surface area (TPSA) is 50.3 Å². The van der Waals surface area contributed by atoms with Crippen LogP contribution in [-0.2, 0) is 10.0 Å². The van der Waals surface area contributed by atoms with Crippen LogP contribution in [0.4, 0.5) is 4.39 Å². The van der Waals surface area contributed by atoms with Crippen LogP contribution in [0.15, 0.2) is 47.6 Å². The number of hydrogen-bond acceptors (Lipinski definition) is 3. The molecule has 0 saturated carbocycles. The summed E-state index contributed by atoms with van der Waals surface area (Å²) in [6.45, 7) is 0.420. The Hall–Kier alpha value is -1.50. The fraction of sp³-hybridized carbons (Fsp3) is 0.267. The lowest BCUT2D eigenvalue weighted by Gasteiger charge is -2.24. The van der Waals surface area contributed by atoms with Crippen LogP contribution >= 0.6 is 11.6 Å². The van der Waals surface area contributed by atoms with Gasteiger partial charge in [0, 0.05) is 18.9 Å². The second-order valence-electron chi connectivity index (χ2n) is 5.13. The Morgan fingerprint density at radius 3 is 2.64 bits per heavy atom. The van der Waals surface area contributed by atoms with Gasteiger partial charge in [-0.05, 0) is 48.7 Å². The van der Waals surface area contributed by atoms with Crippen molar-refractivity contribution >= 4 is 21.6 Å². The minimum atomic E-state index is -3.77. The number of aromatic nitrogens is 1. The molecule has 1 fully saturated rings. The third kappa shape index (κ3) is 2.74. The van der Waals surface area contributed by atoms with E-state index in [9.17, 15) is 12.8 Å². The molecule has 0 bridgehead atoms. The first-order valence-corrected chi connectivity index (χ1v) is 8.69. The van der Waals surface area contributed by atoms with Gasteiger partial charge in [-0.3, -0.25) is 4.98 Å². The van der Waals surface area contributed by atoms with Crippen molar-refractivity contribution in [1.29, 1.82) is 0 Å². The van der Waals surface area contributed by atoms with Crippen LogP contribution < -0.4 is 0 Å². The molecule has 1 saturated heterocycles. The molecule has 1 aromatic carbocycles. The summed E-state index contributed by atoms with van der Waals surface area (Å²) in [5.74, 6) is -0.559. The standard InChI is InChI=1S/C15H14ClFN2O2S/c16-13-10-12(17)3-4-15(13)22(20,21)19-9-1-2-14(19)11-5-7-18-8-6-11/h3-8,10,14H,1-2,9H2/t14-/m1/s1. The molecule has 22 heavy (non-hydrogen) atoms. The minimum absolute atomic E-state index is 0.0588. The third-order valence-corrected chi connectivity index (χ3v) is 6.17. The van der Waals surface area contributed by atoms with E-state index < -0.39 is 15.8 Å². The molecule has 0 aliphatic carbocycles. The summed E-state index contributed by atoms with van der Waals surface area (Å²) in [7, 11) is -3.77. The number of hydrogen-bond donors (Lipinski definition) is 0. The van der Waals surface area contributed by atoms with Crippen LogP contribution in [-0.4, -0.2) is 24.3 Å². The van der Waals surface area contributed by atoms with Crippen molar-refractivity contribution in [2.75, 3.05) is 6.54 Å². The zero-order valence-corrected chi connectivity index (χ0v) is 13.2. The molecule has 1 aliphatic heterocycles. The van der Waals surface area contributed by atoms with Gasteiger partial charge in [-0.15, -0.1) is 0 Å². The van der Waals surface area contributed by atoms with Crippen LogP contribution in [0.5, 0.6) is 0 Å². The van der Waals surface area contributed by atoms with E-state index in [2.05, 4.69) is 4.98 Å². The van der Waals surface area contributed by atoms with Gasteiger partial charge in [-0.2, -0.15) is 4.31 Å². The largest absolute Gasteiger partial charge is 0.265 e. The maximum atomic E-state index is 13.2. The van der Waals surface area contributed by atoms with E-state index in [0.29, 0.717) is 6.54 Å². The second kappa shape index (κ2) is 5.95. The predicted octanol–water partition coefficient (Wildman–Crippen LogP) is 3.40. The first kappa shape index (κ1) is 15.4. The molecule has 0 N–H and O–H groups in total. The molecule has 0 spiro atoms. The molecule has 2 aromatic rings. The molecular weight excluding hydrogens is 327 g/mol. The third-order valence-electron chi connectivity index (χ3n) is 3.78. The first-order valence-electron chi connectivity index (χ1n) is 6.87. The molecule has 0 unspecified atom stereocenters. The molecule has 7 heteroatoms. The highest BCUT2D eigenvalue weighted by atomic mass is 35.5. The number of benzene rings is 1. The highest BCUT2D eigenvalue weighted by Gasteiger charge is 2.37. The summed E-state index contributed by atoms with van der Waals surface area (Å²) in [5.41, 5.74) is 0.898. The summed E-state index contributed by atoms with van der Waals surface area (Å²) in [5, 5.41) is -0.0969. The minimum Gasteiger partial charge on any atom is -0.265 e. The molecule has 1 atom stereocenters. The van der Waals surface area contributed by atoms with E-state index >= 15 is 0 Å². The smallest absolute Gasteiger partial charge is 0.245 e. The first-order chi connectivity index (χ1) is 10.5. The molecule has 4 nitrogen and oxygen atoms in total. The average Bonchev–Trinajstić information content (AvgIpc) is 2.98. The molecule has 1 aromatic heterocycles. The van der Waals surface area contributed by atoms with Gasteiger partial charge in [-0.25, -0.2) is 12.8 Å². The van der Waals surface area contributed by atoms with Crippen LogP contribution in [0, 0.1) is 5.82 Å². The highest BCUT2D eigenvalue weighted by Crippen LogP contribution is 2.37. The quantitative estimate of drug-likeness (QED) is 0.860. The van der Waals surface area contributed by atoms with Crippen LogP contribution in [0.1, 0.15) is 24.4 Å². The molecular formula is C15H14ClFN2O2S. The van der Waals surface area contributed by atoms with E-state index in [1.165, 1.54) is 10.4 Å². The Balaban J connectivity index is 2.01. The van der Waals surface area contributed by atoms with Crippen LogP contribution in [0.3, 0.4) is 0 Å². The lowest BCUT2D eigenvalue weighted by Crippen LogP contribution is -2.31. The molecule has 1 aliphatic rings. The van der Waals surface area contributed by atoms with Gasteiger partial charge in [0.1, 0.15) is 10.7 Å². The lowest BCUT2D eigenvalue weighted by molar-refractivity contribution is 0.396. The monoisotopic (exact) mass is 340 g/mol. The number of sulfonamides is 1. The summed E-state index contributed by atoms with van der Waals surface area (Å²) >= 11 is 5.93. The summed E-state index contributed by atoms with van der Waals surface area (Å²) in [6, 6.07) is 6.72. The van der Waals surface area contributed by atoms with E-state index in [1.54, 1.807) is 12.4 Å². The van der Waals surface area contributed by atoms with Gasteiger partial charge in [0.05, 0.1) is 11.1 Å². The normalized spacial score (nSPS) is 19.5. The highest BCUT2D eigenvalue weighted by molar-refractivity contribution is 7.89. The van der Waals surface area contributed by atoms with Crippen molar-refractivity contribution in [2.24, 2.45) is 0 Å². The number of pyridine rings is 1. The predicted molar refractivity (Wildman–Crippen MR) is 81.5 cm³/mol. The fourth-order valence-corrected chi connectivity index (χ4v) is 4.95. The Bertz CT molecular complexity index is 783. The summed E-state index contributed by atoms with van der Waals surface area (Å²) in [4.78, 5) is 3.90.